The zero-order valence-corrected chi connectivity index (χ0v) is 19.2. The molecule has 0 radical (unpaired) electrons. The minimum atomic E-state index is -0.957. The zero-order valence-electron chi connectivity index (χ0n) is 19.2. The number of methoxy groups -OCH3 is 1. The van der Waals surface area contributed by atoms with Crippen LogP contribution in [0, 0.1) is 5.92 Å². The van der Waals surface area contributed by atoms with Gasteiger partial charge >= 0.3 is 0 Å². The highest BCUT2D eigenvalue weighted by Gasteiger charge is 2.22. The summed E-state index contributed by atoms with van der Waals surface area (Å²) in [5.41, 5.74) is 0.983. The van der Waals surface area contributed by atoms with Gasteiger partial charge in [0.2, 0.25) is 0 Å². The van der Waals surface area contributed by atoms with Crippen molar-refractivity contribution in [2.24, 2.45) is 5.92 Å². The maximum atomic E-state index is 14.5. The Morgan fingerprint density at radius 1 is 1.10 bits per heavy atom. The SMILES string of the molecule is C=CCCC1CCC(CO/C(=C/C=C(C)/C(CC)=C(F)/C(F)=C(\C)OC)CC)CO1. The Morgan fingerprint density at radius 2 is 1.83 bits per heavy atom. The van der Waals surface area contributed by atoms with E-state index in [1.807, 2.05) is 19.1 Å². The molecule has 0 bridgehead atoms. The van der Waals surface area contributed by atoms with E-state index in [0.29, 0.717) is 42.8 Å². The van der Waals surface area contributed by atoms with Crippen molar-refractivity contribution in [3.63, 3.8) is 0 Å². The molecule has 0 aromatic carbocycles. The minimum Gasteiger partial charge on any atom is -0.498 e. The van der Waals surface area contributed by atoms with Gasteiger partial charge in [0.15, 0.2) is 11.7 Å². The Hall–Kier alpha value is -1.88. The number of halogens is 2. The van der Waals surface area contributed by atoms with E-state index >= 15 is 0 Å². The first-order valence-corrected chi connectivity index (χ1v) is 10.9. The molecule has 5 heteroatoms. The van der Waals surface area contributed by atoms with Gasteiger partial charge in [-0.15, -0.1) is 6.58 Å². The van der Waals surface area contributed by atoms with Crippen LogP contribution in [0.3, 0.4) is 0 Å². The Labute approximate surface area is 181 Å². The lowest BCUT2D eigenvalue weighted by atomic mass is 9.97. The van der Waals surface area contributed by atoms with Gasteiger partial charge in [-0.2, -0.15) is 0 Å². The molecule has 0 aromatic heterocycles. The molecule has 0 aliphatic carbocycles. The summed E-state index contributed by atoms with van der Waals surface area (Å²) in [6.45, 7) is 12.1. The molecule has 1 saturated heterocycles. The summed E-state index contributed by atoms with van der Waals surface area (Å²) in [5, 5.41) is 0. The largest absolute Gasteiger partial charge is 0.498 e. The number of rotatable bonds is 12. The van der Waals surface area contributed by atoms with Crippen LogP contribution in [0.25, 0.3) is 0 Å². The molecule has 0 saturated carbocycles. The summed E-state index contributed by atoms with van der Waals surface area (Å²) in [6.07, 6.45) is 11.2. The number of allylic oxidation sites excluding steroid dienone is 9. The molecular weight excluding hydrogens is 386 g/mol. The van der Waals surface area contributed by atoms with E-state index < -0.39 is 11.7 Å². The topological polar surface area (TPSA) is 27.7 Å². The number of hydrogen-bond acceptors (Lipinski definition) is 3. The van der Waals surface area contributed by atoms with E-state index in [1.165, 1.54) is 14.0 Å². The van der Waals surface area contributed by atoms with Crippen molar-refractivity contribution in [3.8, 4) is 0 Å². The average Bonchev–Trinajstić information content (AvgIpc) is 2.77. The summed E-state index contributed by atoms with van der Waals surface area (Å²) < 4.78 is 45.3. The van der Waals surface area contributed by atoms with Crippen LogP contribution in [0.15, 0.2) is 59.1 Å². The highest BCUT2D eigenvalue weighted by atomic mass is 19.2. The minimum absolute atomic E-state index is 0.0687. The van der Waals surface area contributed by atoms with Gasteiger partial charge in [0.05, 0.1) is 32.2 Å². The maximum Gasteiger partial charge on any atom is 0.196 e. The monoisotopic (exact) mass is 424 g/mol. The van der Waals surface area contributed by atoms with E-state index in [1.54, 1.807) is 19.9 Å². The molecule has 2 unspecified atom stereocenters. The first-order chi connectivity index (χ1) is 14.4. The molecule has 0 N–H and O–H groups in total. The molecule has 1 aliphatic rings. The van der Waals surface area contributed by atoms with E-state index in [2.05, 4.69) is 6.58 Å². The molecule has 1 heterocycles. The maximum absolute atomic E-state index is 14.5. The van der Waals surface area contributed by atoms with Gasteiger partial charge in [-0.3, -0.25) is 0 Å². The standard InChI is InChI=1S/C25H38F2O3/c1-7-10-11-22-15-13-20(17-30-22)16-29-21(8-2)14-12-18(4)23(9-3)25(27)24(26)19(5)28-6/h7,12,14,20,22H,1,8-11,13,15-17H2,2-6H3/b18-12+,21-14+,24-19-,25-23-. The van der Waals surface area contributed by atoms with Crippen molar-refractivity contribution in [3.05, 3.63) is 59.1 Å². The van der Waals surface area contributed by atoms with Crippen molar-refractivity contribution in [1.29, 1.82) is 0 Å². The summed E-state index contributed by atoms with van der Waals surface area (Å²) in [6, 6.07) is 0. The smallest absolute Gasteiger partial charge is 0.196 e. The molecule has 0 spiro atoms. The van der Waals surface area contributed by atoms with E-state index in [-0.39, 0.29) is 5.76 Å². The average molecular weight is 425 g/mol. The zero-order chi connectivity index (χ0) is 22.5. The summed E-state index contributed by atoms with van der Waals surface area (Å²) in [4.78, 5) is 0. The third kappa shape index (κ3) is 8.47. The molecule has 170 valence electrons. The lowest BCUT2D eigenvalue weighted by molar-refractivity contribution is -0.0370. The Morgan fingerprint density at radius 3 is 2.37 bits per heavy atom. The fraction of sp³-hybridized carbons (Fsp3) is 0.600. The third-order valence-corrected chi connectivity index (χ3v) is 5.43. The predicted molar refractivity (Wildman–Crippen MR) is 119 cm³/mol. The van der Waals surface area contributed by atoms with E-state index in [0.717, 1.165) is 37.9 Å². The van der Waals surface area contributed by atoms with Crippen LogP contribution in [0.4, 0.5) is 8.78 Å². The Balaban J connectivity index is 2.73. The fourth-order valence-corrected chi connectivity index (χ4v) is 3.32. The summed E-state index contributed by atoms with van der Waals surface area (Å²) >= 11 is 0. The molecule has 30 heavy (non-hydrogen) atoms. The molecule has 0 aromatic rings. The van der Waals surface area contributed by atoms with E-state index in [4.69, 9.17) is 14.2 Å². The second kappa shape index (κ2) is 14.2. The van der Waals surface area contributed by atoms with Crippen LogP contribution >= 0.6 is 0 Å². The highest BCUT2D eigenvalue weighted by Crippen LogP contribution is 2.28. The van der Waals surface area contributed by atoms with Crippen LogP contribution < -0.4 is 0 Å². The Bertz CT molecular complexity index is 666. The van der Waals surface area contributed by atoms with Crippen molar-refractivity contribution in [2.75, 3.05) is 20.3 Å². The molecule has 3 nitrogen and oxygen atoms in total. The van der Waals surface area contributed by atoms with Crippen LogP contribution in [0.5, 0.6) is 0 Å². The second-order valence-corrected chi connectivity index (χ2v) is 7.63. The first kappa shape index (κ1) is 26.2. The van der Waals surface area contributed by atoms with Crippen LogP contribution in [-0.2, 0) is 14.2 Å². The van der Waals surface area contributed by atoms with Crippen molar-refractivity contribution in [2.45, 2.75) is 72.3 Å². The summed E-state index contributed by atoms with van der Waals surface area (Å²) in [5.74, 6) is -0.696. The van der Waals surface area contributed by atoms with Crippen molar-refractivity contribution in [1.82, 2.24) is 0 Å². The molecular formula is C25H38F2O3. The summed E-state index contributed by atoms with van der Waals surface area (Å²) in [7, 11) is 1.32. The lowest BCUT2D eigenvalue weighted by Crippen LogP contribution is -2.28. The predicted octanol–water partition coefficient (Wildman–Crippen LogP) is 7.49. The quantitative estimate of drug-likeness (QED) is 0.185. The molecule has 1 fully saturated rings. The lowest BCUT2D eigenvalue weighted by Gasteiger charge is -2.29. The first-order valence-electron chi connectivity index (χ1n) is 10.9. The number of hydrogen-bond donors (Lipinski definition) is 0. The number of ether oxygens (including phenoxy) is 3. The molecule has 1 aliphatic heterocycles. The Kier molecular flexibility index (Phi) is 12.4. The van der Waals surface area contributed by atoms with Crippen LogP contribution in [0.1, 0.15) is 66.2 Å². The van der Waals surface area contributed by atoms with Crippen LogP contribution in [-0.4, -0.2) is 26.4 Å². The third-order valence-electron chi connectivity index (χ3n) is 5.43. The van der Waals surface area contributed by atoms with Gasteiger partial charge in [-0.05, 0) is 63.2 Å². The molecule has 2 atom stereocenters. The van der Waals surface area contributed by atoms with Crippen molar-refractivity contribution < 1.29 is 23.0 Å². The van der Waals surface area contributed by atoms with Gasteiger partial charge in [0.1, 0.15) is 5.76 Å². The highest BCUT2D eigenvalue weighted by molar-refractivity contribution is 5.40. The van der Waals surface area contributed by atoms with Gasteiger partial charge in [-0.25, -0.2) is 8.78 Å². The fourth-order valence-electron chi connectivity index (χ4n) is 3.32. The second-order valence-electron chi connectivity index (χ2n) is 7.63. The van der Waals surface area contributed by atoms with E-state index in [9.17, 15) is 8.78 Å². The van der Waals surface area contributed by atoms with Gasteiger partial charge in [0, 0.05) is 12.3 Å². The van der Waals surface area contributed by atoms with Gasteiger partial charge < -0.3 is 14.2 Å². The molecule has 1 rings (SSSR count). The normalized spacial score (nSPS) is 22.2. The van der Waals surface area contributed by atoms with Crippen molar-refractivity contribution >= 4 is 0 Å². The van der Waals surface area contributed by atoms with Crippen LogP contribution in [0.2, 0.25) is 0 Å². The van der Waals surface area contributed by atoms with Gasteiger partial charge in [0.25, 0.3) is 0 Å². The molecule has 0 amide bonds. The van der Waals surface area contributed by atoms with Gasteiger partial charge in [-0.1, -0.05) is 26.0 Å².